The number of fused-ring (bicyclic) bond motifs is 1. The number of H-pyrrole nitrogens is 1. The normalized spacial score (nSPS) is 10.2. The number of aromatic nitrogens is 2. The van der Waals surface area contributed by atoms with Gasteiger partial charge in [-0.2, -0.15) is 0 Å². The minimum absolute atomic E-state index is 0.230. The average Bonchev–Trinajstić information content (AvgIpc) is 2.63. The lowest BCUT2D eigenvalue weighted by atomic mass is 10.2. The van der Waals surface area contributed by atoms with Gasteiger partial charge in [0.2, 0.25) is 0 Å². The summed E-state index contributed by atoms with van der Waals surface area (Å²) in [6.07, 6.45) is 4.59. The molecular formula is C8H5N3O2. The summed E-state index contributed by atoms with van der Waals surface area (Å²) < 4.78 is 0. The Balaban J connectivity index is 2.74. The fraction of sp³-hybridized carbons (Fsp3) is 0. The van der Waals surface area contributed by atoms with E-state index in [9.17, 15) is 9.70 Å². The van der Waals surface area contributed by atoms with E-state index < -0.39 is 5.91 Å². The summed E-state index contributed by atoms with van der Waals surface area (Å²) in [4.78, 5) is 27.7. The fourth-order valence-electron chi connectivity index (χ4n) is 1.20. The summed E-state index contributed by atoms with van der Waals surface area (Å²) >= 11 is 0. The number of amides is 1. The number of rotatable bonds is 1. The molecule has 1 N–H and O–H groups in total. The van der Waals surface area contributed by atoms with Crippen LogP contribution in [-0.4, -0.2) is 15.9 Å². The molecule has 2 heterocycles. The third-order valence-corrected chi connectivity index (χ3v) is 1.79. The lowest BCUT2D eigenvalue weighted by Crippen LogP contribution is -1.94. The molecule has 2 aromatic heterocycles. The Morgan fingerprint density at radius 2 is 2.31 bits per heavy atom. The van der Waals surface area contributed by atoms with Crippen molar-refractivity contribution in [3.63, 3.8) is 0 Å². The van der Waals surface area contributed by atoms with Gasteiger partial charge in [-0.3, -0.25) is 9.78 Å². The molecule has 0 fully saturated rings. The zero-order valence-corrected chi connectivity index (χ0v) is 6.52. The first-order valence-electron chi connectivity index (χ1n) is 3.61. The van der Waals surface area contributed by atoms with Gasteiger partial charge < -0.3 is 4.98 Å². The Kier molecular flexibility index (Phi) is 1.63. The maximum absolute atomic E-state index is 11.0. The molecule has 2 aromatic rings. The molecule has 13 heavy (non-hydrogen) atoms. The fourth-order valence-corrected chi connectivity index (χ4v) is 1.20. The standard InChI is InChI=1S/C8H5N3O2/c12-8(11-13)6-3-9-4-7-5(6)1-2-10-7/h1-4,10H. The number of nitroso groups, excluding NO2 is 1. The van der Waals surface area contributed by atoms with Crippen LogP contribution in [0.3, 0.4) is 0 Å². The van der Waals surface area contributed by atoms with E-state index in [2.05, 4.69) is 15.1 Å². The summed E-state index contributed by atoms with van der Waals surface area (Å²) in [5.74, 6) is -0.794. The van der Waals surface area contributed by atoms with Crippen LogP contribution in [0.15, 0.2) is 29.8 Å². The SMILES string of the molecule is O=NC(=O)c1cncc2[nH]ccc12. The molecule has 0 saturated heterocycles. The Labute approximate surface area is 72.8 Å². The van der Waals surface area contributed by atoms with Gasteiger partial charge >= 0.3 is 5.91 Å². The highest BCUT2D eigenvalue weighted by atomic mass is 16.3. The molecule has 0 radical (unpaired) electrons. The van der Waals surface area contributed by atoms with Crippen LogP contribution in [0, 0.1) is 4.91 Å². The molecule has 0 aliphatic rings. The number of carbonyl (C=O) groups excluding carboxylic acids is 1. The molecule has 1 amide bonds. The predicted molar refractivity (Wildman–Crippen MR) is 46.2 cm³/mol. The van der Waals surface area contributed by atoms with Crippen molar-refractivity contribution in [2.75, 3.05) is 0 Å². The van der Waals surface area contributed by atoms with Gasteiger partial charge in [0.05, 0.1) is 17.3 Å². The maximum Gasteiger partial charge on any atom is 0.319 e. The van der Waals surface area contributed by atoms with Gasteiger partial charge in [0.1, 0.15) is 0 Å². The van der Waals surface area contributed by atoms with Crippen LogP contribution < -0.4 is 0 Å². The van der Waals surface area contributed by atoms with Crippen molar-refractivity contribution >= 4 is 16.8 Å². The van der Waals surface area contributed by atoms with Gasteiger partial charge in [-0.25, -0.2) is 0 Å². The molecule has 5 heteroatoms. The second kappa shape index (κ2) is 2.78. The van der Waals surface area contributed by atoms with E-state index in [1.165, 1.54) is 6.20 Å². The highest BCUT2D eigenvalue weighted by Gasteiger charge is 2.10. The van der Waals surface area contributed by atoms with Crippen molar-refractivity contribution in [2.24, 2.45) is 5.18 Å². The molecule has 64 valence electrons. The first kappa shape index (κ1) is 7.60. The Morgan fingerprint density at radius 3 is 3.08 bits per heavy atom. The number of aromatic amines is 1. The van der Waals surface area contributed by atoms with Gasteiger partial charge in [-0.1, -0.05) is 0 Å². The molecule has 0 spiro atoms. The smallest absolute Gasteiger partial charge is 0.319 e. The average molecular weight is 175 g/mol. The topological polar surface area (TPSA) is 75.2 Å². The molecule has 0 saturated carbocycles. The minimum Gasteiger partial charge on any atom is -0.360 e. The molecular weight excluding hydrogens is 170 g/mol. The van der Waals surface area contributed by atoms with E-state index in [0.717, 1.165) is 5.52 Å². The van der Waals surface area contributed by atoms with Crippen LogP contribution >= 0.6 is 0 Å². The number of nitrogens with zero attached hydrogens (tertiary/aromatic N) is 2. The third kappa shape index (κ3) is 1.10. The van der Waals surface area contributed by atoms with Crippen molar-refractivity contribution in [3.05, 3.63) is 35.1 Å². The second-order valence-electron chi connectivity index (χ2n) is 2.52. The van der Waals surface area contributed by atoms with E-state index in [1.54, 1.807) is 18.5 Å². The number of hydrogen-bond donors (Lipinski definition) is 1. The predicted octanol–water partition coefficient (Wildman–Crippen LogP) is 1.47. The molecule has 0 atom stereocenters. The number of carbonyl (C=O) groups is 1. The molecule has 5 nitrogen and oxygen atoms in total. The van der Waals surface area contributed by atoms with Crippen LogP contribution in [0.4, 0.5) is 0 Å². The van der Waals surface area contributed by atoms with E-state index >= 15 is 0 Å². The van der Waals surface area contributed by atoms with Gasteiger partial charge in [0, 0.05) is 23.0 Å². The van der Waals surface area contributed by atoms with Crippen LogP contribution in [0.2, 0.25) is 0 Å². The summed E-state index contributed by atoms with van der Waals surface area (Å²) in [5.41, 5.74) is 0.947. The van der Waals surface area contributed by atoms with Gasteiger partial charge in [-0.15, -0.1) is 4.91 Å². The summed E-state index contributed by atoms with van der Waals surface area (Å²) in [6.45, 7) is 0. The van der Waals surface area contributed by atoms with Crippen LogP contribution in [0.5, 0.6) is 0 Å². The monoisotopic (exact) mass is 175 g/mol. The largest absolute Gasteiger partial charge is 0.360 e. The quantitative estimate of drug-likeness (QED) is 0.666. The van der Waals surface area contributed by atoms with E-state index in [1.807, 2.05) is 0 Å². The van der Waals surface area contributed by atoms with Gasteiger partial charge in [0.15, 0.2) is 0 Å². The minimum atomic E-state index is -0.794. The zero-order chi connectivity index (χ0) is 9.26. The van der Waals surface area contributed by atoms with Crippen molar-refractivity contribution in [1.29, 1.82) is 0 Å². The summed E-state index contributed by atoms with van der Waals surface area (Å²) in [7, 11) is 0. The Morgan fingerprint density at radius 1 is 1.46 bits per heavy atom. The molecule has 0 aliphatic heterocycles. The maximum atomic E-state index is 11.0. The van der Waals surface area contributed by atoms with Gasteiger partial charge in [-0.05, 0) is 6.07 Å². The highest BCUT2D eigenvalue weighted by Crippen LogP contribution is 2.16. The van der Waals surface area contributed by atoms with Crippen LogP contribution in [-0.2, 0) is 0 Å². The Bertz CT molecular complexity index is 475. The second-order valence-corrected chi connectivity index (χ2v) is 2.52. The molecule has 0 aliphatic carbocycles. The summed E-state index contributed by atoms with van der Waals surface area (Å²) in [5, 5.41) is 3.01. The molecule has 0 unspecified atom stereocenters. The van der Waals surface area contributed by atoms with Crippen LogP contribution in [0.1, 0.15) is 10.4 Å². The van der Waals surface area contributed by atoms with Crippen molar-refractivity contribution in [1.82, 2.24) is 9.97 Å². The third-order valence-electron chi connectivity index (χ3n) is 1.79. The van der Waals surface area contributed by atoms with Crippen molar-refractivity contribution < 1.29 is 4.79 Å². The van der Waals surface area contributed by atoms with Crippen molar-refractivity contribution in [3.8, 4) is 0 Å². The van der Waals surface area contributed by atoms with E-state index in [4.69, 9.17) is 0 Å². The molecule has 0 aromatic carbocycles. The first-order chi connectivity index (χ1) is 6.33. The zero-order valence-electron chi connectivity index (χ0n) is 6.52. The molecule has 2 rings (SSSR count). The summed E-state index contributed by atoms with van der Waals surface area (Å²) in [6, 6.07) is 1.70. The number of hydrogen-bond acceptors (Lipinski definition) is 3. The van der Waals surface area contributed by atoms with Crippen molar-refractivity contribution in [2.45, 2.75) is 0 Å². The van der Waals surface area contributed by atoms with Crippen LogP contribution in [0.25, 0.3) is 10.9 Å². The highest BCUT2D eigenvalue weighted by molar-refractivity contribution is 6.06. The Hall–Kier alpha value is -2.04. The first-order valence-corrected chi connectivity index (χ1v) is 3.61. The number of nitrogens with one attached hydrogen (secondary N) is 1. The number of pyridine rings is 1. The molecule has 0 bridgehead atoms. The lowest BCUT2D eigenvalue weighted by Gasteiger charge is -1.93. The van der Waals surface area contributed by atoms with Gasteiger partial charge in [0.25, 0.3) is 0 Å². The van der Waals surface area contributed by atoms with E-state index in [0.29, 0.717) is 5.39 Å². The van der Waals surface area contributed by atoms with E-state index in [-0.39, 0.29) is 5.56 Å². The lowest BCUT2D eigenvalue weighted by molar-refractivity contribution is 0.100.